The van der Waals surface area contributed by atoms with Crippen molar-refractivity contribution < 1.29 is 0 Å². The summed E-state index contributed by atoms with van der Waals surface area (Å²) in [5.41, 5.74) is 0.366. The molecular formula is C11H22ClN3. The van der Waals surface area contributed by atoms with Crippen LogP contribution in [0.5, 0.6) is 0 Å². The summed E-state index contributed by atoms with van der Waals surface area (Å²) in [5, 5.41) is 21.6. The lowest BCUT2D eigenvalue weighted by molar-refractivity contribution is 0.566. The van der Waals surface area contributed by atoms with Gasteiger partial charge in [-0.05, 0) is 19.1 Å². The van der Waals surface area contributed by atoms with Crippen LogP contribution in [0.1, 0.15) is 45.4 Å². The quantitative estimate of drug-likeness (QED) is 0.400. The summed E-state index contributed by atoms with van der Waals surface area (Å²) in [4.78, 5) is 0. The zero-order valence-electron chi connectivity index (χ0n) is 9.38. The maximum absolute atomic E-state index is 7.53. The average molecular weight is 232 g/mol. The summed E-state index contributed by atoms with van der Waals surface area (Å²) in [5.74, 6) is 0.0989. The summed E-state index contributed by atoms with van der Waals surface area (Å²) in [6.45, 7) is 2.18. The van der Waals surface area contributed by atoms with Gasteiger partial charge in [-0.3, -0.25) is 0 Å². The summed E-state index contributed by atoms with van der Waals surface area (Å²) in [7, 11) is 0. The monoisotopic (exact) mass is 231 g/mol. The van der Waals surface area contributed by atoms with Crippen molar-refractivity contribution in [3.8, 4) is 0 Å². The second kappa shape index (κ2) is 11.4. The summed E-state index contributed by atoms with van der Waals surface area (Å²) in [6.07, 6.45) is 8.80. The fourth-order valence-electron chi connectivity index (χ4n) is 1.48. The number of unbranched alkanes of at least 4 members (excludes halogenated alkanes) is 3. The zero-order valence-corrected chi connectivity index (χ0v) is 10.2. The van der Waals surface area contributed by atoms with Crippen molar-refractivity contribution in [2.75, 3.05) is 0 Å². The minimum Gasteiger partial charge on any atom is -0.313 e. The highest BCUT2D eigenvalue weighted by Crippen LogP contribution is 2.14. The van der Waals surface area contributed by atoms with E-state index in [0.29, 0.717) is 12.1 Å². The zero-order chi connectivity index (χ0) is 10.8. The molecule has 1 unspecified atom stereocenters. The van der Waals surface area contributed by atoms with Crippen LogP contribution in [0.25, 0.3) is 0 Å². The third kappa shape index (κ3) is 8.30. The molecule has 3 nitrogen and oxygen atoms in total. The molecule has 0 saturated heterocycles. The average Bonchev–Trinajstić information content (AvgIpc) is 2.21. The highest BCUT2D eigenvalue weighted by Gasteiger charge is 2.10. The van der Waals surface area contributed by atoms with Crippen LogP contribution in [0, 0.1) is 22.1 Å². The van der Waals surface area contributed by atoms with E-state index in [4.69, 9.17) is 16.2 Å². The lowest BCUT2D eigenvalue weighted by atomic mass is 9.93. The summed E-state index contributed by atoms with van der Waals surface area (Å²) < 4.78 is 0. The molecule has 0 spiro atoms. The first-order valence-electron chi connectivity index (χ1n) is 5.34. The molecule has 0 aromatic rings. The molecule has 0 bridgehead atoms. The molecule has 15 heavy (non-hydrogen) atoms. The Morgan fingerprint density at radius 1 is 1.20 bits per heavy atom. The van der Waals surface area contributed by atoms with Crippen LogP contribution >= 0.6 is 12.4 Å². The Kier molecular flexibility index (Phi) is 12.7. The molecule has 0 aromatic carbocycles. The topological polar surface area (TPSA) is 71.6 Å². The van der Waals surface area contributed by atoms with Crippen LogP contribution in [-0.2, 0) is 0 Å². The fourth-order valence-corrected chi connectivity index (χ4v) is 1.48. The van der Waals surface area contributed by atoms with Crippen LogP contribution in [0.3, 0.4) is 0 Å². The van der Waals surface area contributed by atoms with E-state index >= 15 is 0 Å². The first kappa shape index (κ1) is 16.7. The fraction of sp³-hybridized carbons (Fsp3) is 0.727. The Balaban J connectivity index is 0. The summed E-state index contributed by atoms with van der Waals surface area (Å²) in [6, 6.07) is 0. The molecule has 0 aliphatic carbocycles. The smallest absolute Gasteiger partial charge is 0.0523 e. The van der Waals surface area contributed by atoms with Crippen molar-refractivity contribution in [2.24, 2.45) is 5.92 Å². The van der Waals surface area contributed by atoms with Crippen molar-refractivity contribution in [1.82, 2.24) is 0 Å². The molecule has 0 aromatic heterocycles. The van der Waals surface area contributed by atoms with Gasteiger partial charge in [0.25, 0.3) is 0 Å². The van der Waals surface area contributed by atoms with E-state index in [1.165, 1.54) is 25.5 Å². The minimum atomic E-state index is 0. The van der Waals surface area contributed by atoms with E-state index in [1.807, 2.05) is 0 Å². The Morgan fingerprint density at radius 2 is 1.87 bits per heavy atom. The first-order valence-corrected chi connectivity index (χ1v) is 5.34. The molecule has 0 rings (SSSR count). The van der Waals surface area contributed by atoms with Gasteiger partial charge in [0.15, 0.2) is 0 Å². The lowest BCUT2D eigenvalue weighted by Gasteiger charge is -2.12. The van der Waals surface area contributed by atoms with Crippen LogP contribution in [0.15, 0.2) is 0 Å². The molecule has 0 saturated carbocycles. The van der Waals surface area contributed by atoms with Gasteiger partial charge >= 0.3 is 0 Å². The van der Waals surface area contributed by atoms with Gasteiger partial charge < -0.3 is 16.2 Å². The number of nitrogens with one attached hydrogen (secondary N) is 3. The van der Waals surface area contributed by atoms with E-state index < -0.39 is 0 Å². The SMILES string of the molecule is CCCCCCC(CC=N)C(=N)C=N.Cl. The van der Waals surface area contributed by atoms with E-state index in [1.54, 1.807) is 0 Å². The third-order valence-electron chi connectivity index (χ3n) is 2.40. The molecule has 88 valence electrons. The Bertz CT molecular complexity index is 192. The number of halogens is 1. The van der Waals surface area contributed by atoms with Crippen molar-refractivity contribution in [1.29, 1.82) is 16.2 Å². The van der Waals surface area contributed by atoms with Gasteiger partial charge in [0, 0.05) is 12.1 Å². The molecule has 0 heterocycles. The molecule has 0 fully saturated rings. The standard InChI is InChI=1S/C11H21N3.ClH/c1-2-3-4-5-6-10(7-8-12)11(14)9-13;/h8-10,12-14H,2-7H2,1H3;1H. The predicted octanol–water partition coefficient (Wildman–Crippen LogP) is 3.70. The van der Waals surface area contributed by atoms with Crippen molar-refractivity contribution >= 4 is 30.5 Å². The molecular weight excluding hydrogens is 210 g/mol. The Morgan fingerprint density at radius 3 is 2.33 bits per heavy atom. The Labute approximate surface area is 98.6 Å². The molecule has 0 aliphatic heterocycles. The van der Waals surface area contributed by atoms with Gasteiger partial charge in [-0.2, -0.15) is 0 Å². The number of hydrogen-bond donors (Lipinski definition) is 3. The molecule has 4 heteroatoms. The third-order valence-corrected chi connectivity index (χ3v) is 2.40. The van der Waals surface area contributed by atoms with Gasteiger partial charge in [0.1, 0.15) is 0 Å². The van der Waals surface area contributed by atoms with Gasteiger partial charge in [-0.1, -0.05) is 32.6 Å². The highest BCUT2D eigenvalue weighted by molar-refractivity contribution is 6.29. The van der Waals surface area contributed by atoms with Gasteiger partial charge in [0.05, 0.1) is 5.71 Å². The van der Waals surface area contributed by atoms with Gasteiger partial charge in [-0.15, -0.1) is 12.4 Å². The molecule has 1 atom stereocenters. The number of hydrogen-bond acceptors (Lipinski definition) is 3. The van der Waals surface area contributed by atoms with Crippen LogP contribution in [0.2, 0.25) is 0 Å². The molecule has 0 aliphatic rings. The van der Waals surface area contributed by atoms with E-state index in [2.05, 4.69) is 6.92 Å². The second-order valence-electron chi connectivity index (χ2n) is 3.59. The largest absolute Gasteiger partial charge is 0.313 e. The van der Waals surface area contributed by atoms with Crippen molar-refractivity contribution in [3.63, 3.8) is 0 Å². The van der Waals surface area contributed by atoms with Crippen LogP contribution in [0.4, 0.5) is 0 Å². The van der Waals surface area contributed by atoms with Crippen LogP contribution in [-0.4, -0.2) is 18.1 Å². The molecule has 0 radical (unpaired) electrons. The molecule has 3 N–H and O–H groups in total. The van der Waals surface area contributed by atoms with Gasteiger partial charge in [0.2, 0.25) is 0 Å². The van der Waals surface area contributed by atoms with Crippen molar-refractivity contribution in [3.05, 3.63) is 0 Å². The van der Waals surface area contributed by atoms with E-state index in [-0.39, 0.29) is 18.3 Å². The van der Waals surface area contributed by atoms with Crippen LogP contribution < -0.4 is 0 Å². The Hall–Kier alpha value is -0.700. The minimum absolute atomic E-state index is 0. The lowest BCUT2D eigenvalue weighted by Crippen LogP contribution is -2.15. The first-order chi connectivity index (χ1) is 6.76. The maximum atomic E-state index is 7.53. The number of rotatable bonds is 9. The van der Waals surface area contributed by atoms with Crippen molar-refractivity contribution in [2.45, 2.75) is 45.4 Å². The van der Waals surface area contributed by atoms with E-state index in [9.17, 15) is 0 Å². The van der Waals surface area contributed by atoms with E-state index in [0.717, 1.165) is 19.1 Å². The highest BCUT2D eigenvalue weighted by atomic mass is 35.5. The predicted molar refractivity (Wildman–Crippen MR) is 69.4 cm³/mol. The normalized spacial score (nSPS) is 11.3. The summed E-state index contributed by atoms with van der Waals surface area (Å²) >= 11 is 0. The van der Waals surface area contributed by atoms with Gasteiger partial charge in [-0.25, -0.2) is 0 Å². The second-order valence-corrected chi connectivity index (χ2v) is 3.59. The molecule has 0 amide bonds. The maximum Gasteiger partial charge on any atom is 0.0523 e.